The average Bonchev–Trinajstić information content (AvgIpc) is 2.90. The van der Waals surface area contributed by atoms with Gasteiger partial charge in [0.15, 0.2) is 6.10 Å². The van der Waals surface area contributed by atoms with Gasteiger partial charge in [-0.3, -0.25) is 4.79 Å². The molecule has 1 N–H and O–H groups in total. The van der Waals surface area contributed by atoms with Crippen LogP contribution < -0.4 is 0 Å². The van der Waals surface area contributed by atoms with Crippen molar-refractivity contribution < 1.29 is 14.3 Å². The fourth-order valence-electron chi connectivity index (χ4n) is 3.91. The molecule has 4 nitrogen and oxygen atoms in total. The summed E-state index contributed by atoms with van der Waals surface area (Å²) < 4.78 is 13.8. The molecule has 3 rings (SSSR count). The van der Waals surface area contributed by atoms with E-state index in [0.717, 1.165) is 25.9 Å². The molecule has 1 aromatic rings. The second kappa shape index (κ2) is 8.08. The number of piperidine rings is 1. The Morgan fingerprint density at radius 1 is 1.04 bits per heavy atom. The third-order valence-electron chi connectivity index (χ3n) is 5.37. The van der Waals surface area contributed by atoms with Gasteiger partial charge in [0, 0.05) is 24.7 Å². The zero-order valence-electron chi connectivity index (χ0n) is 14.2. The first kappa shape index (κ1) is 17.4. The van der Waals surface area contributed by atoms with Crippen LogP contribution in [0.2, 0.25) is 0 Å². The molecule has 0 bridgehead atoms. The highest BCUT2D eigenvalue weighted by Crippen LogP contribution is 2.24. The number of rotatable bonds is 3. The van der Waals surface area contributed by atoms with Gasteiger partial charge in [-0.2, -0.15) is 0 Å². The Kier molecular flexibility index (Phi) is 5.85. The van der Waals surface area contributed by atoms with Crippen molar-refractivity contribution in [2.75, 3.05) is 26.2 Å². The number of aliphatic hydroxyl groups excluding tert-OH is 1. The molecule has 2 aliphatic heterocycles. The molecule has 1 amide bonds. The Bertz CT molecular complexity index is 550. The molecule has 1 aromatic carbocycles. The summed E-state index contributed by atoms with van der Waals surface area (Å²) in [6.45, 7) is 3.62. The minimum Gasteiger partial charge on any atom is -0.378 e. The monoisotopic (exact) mass is 334 g/mol. The zero-order valence-corrected chi connectivity index (χ0v) is 14.2. The second-order valence-electron chi connectivity index (χ2n) is 6.93. The van der Waals surface area contributed by atoms with Crippen LogP contribution in [0.4, 0.5) is 4.39 Å². The molecule has 0 aliphatic carbocycles. The Morgan fingerprint density at radius 3 is 2.29 bits per heavy atom. The quantitative estimate of drug-likeness (QED) is 0.924. The van der Waals surface area contributed by atoms with Crippen LogP contribution in [0.1, 0.15) is 50.2 Å². The van der Waals surface area contributed by atoms with E-state index in [9.17, 15) is 14.3 Å². The molecule has 1 unspecified atom stereocenters. The minimum absolute atomic E-state index is 0.0668. The lowest BCUT2D eigenvalue weighted by atomic mass is 10.0. The molecule has 0 spiro atoms. The van der Waals surface area contributed by atoms with Crippen molar-refractivity contribution in [3.05, 3.63) is 35.6 Å². The van der Waals surface area contributed by atoms with E-state index in [1.165, 1.54) is 37.8 Å². The standard InChI is InChI=1S/C19H27FN2O2/c20-17-8-4-3-7-16(17)18(23)19(24)22-13-9-15(10-14-22)21-11-5-1-2-6-12-21/h3-4,7-8,15,18,23H,1-2,5-6,9-14H2. The van der Waals surface area contributed by atoms with Gasteiger partial charge in [0.1, 0.15) is 5.82 Å². The van der Waals surface area contributed by atoms with Crippen molar-refractivity contribution in [1.29, 1.82) is 0 Å². The predicted octanol–water partition coefficient (Wildman–Crippen LogP) is 2.73. The number of hydrogen-bond donors (Lipinski definition) is 1. The average molecular weight is 334 g/mol. The highest BCUT2D eigenvalue weighted by molar-refractivity contribution is 5.82. The molecule has 0 saturated carbocycles. The molecule has 5 heteroatoms. The third kappa shape index (κ3) is 3.95. The lowest BCUT2D eigenvalue weighted by Crippen LogP contribution is -2.48. The summed E-state index contributed by atoms with van der Waals surface area (Å²) in [4.78, 5) is 16.7. The lowest BCUT2D eigenvalue weighted by Gasteiger charge is -2.38. The van der Waals surface area contributed by atoms with Crippen LogP contribution in [0.5, 0.6) is 0 Å². The van der Waals surface area contributed by atoms with Crippen molar-refractivity contribution in [2.24, 2.45) is 0 Å². The van der Waals surface area contributed by atoms with Crippen molar-refractivity contribution in [3.63, 3.8) is 0 Å². The highest BCUT2D eigenvalue weighted by atomic mass is 19.1. The van der Waals surface area contributed by atoms with Gasteiger partial charge in [-0.1, -0.05) is 31.0 Å². The van der Waals surface area contributed by atoms with E-state index in [0.29, 0.717) is 19.1 Å². The molecule has 24 heavy (non-hydrogen) atoms. The molecule has 1 atom stereocenters. The number of benzene rings is 1. The Balaban J connectivity index is 1.56. The number of aliphatic hydroxyl groups is 1. The van der Waals surface area contributed by atoms with E-state index in [-0.39, 0.29) is 11.5 Å². The number of nitrogens with zero attached hydrogens (tertiary/aromatic N) is 2. The van der Waals surface area contributed by atoms with Crippen LogP contribution in [0.3, 0.4) is 0 Å². The van der Waals surface area contributed by atoms with Gasteiger partial charge in [0.25, 0.3) is 5.91 Å². The minimum atomic E-state index is -1.40. The van der Waals surface area contributed by atoms with Crippen molar-refractivity contribution >= 4 is 5.91 Å². The van der Waals surface area contributed by atoms with Crippen LogP contribution in [0.15, 0.2) is 24.3 Å². The van der Waals surface area contributed by atoms with E-state index >= 15 is 0 Å². The number of carbonyl (C=O) groups excluding carboxylic acids is 1. The van der Waals surface area contributed by atoms with Gasteiger partial charge in [-0.05, 0) is 44.8 Å². The van der Waals surface area contributed by atoms with Crippen molar-refractivity contribution in [2.45, 2.75) is 50.7 Å². The summed E-state index contributed by atoms with van der Waals surface area (Å²) in [6.07, 6.45) is 5.66. The van der Waals surface area contributed by atoms with Gasteiger partial charge < -0.3 is 14.9 Å². The third-order valence-corrected chi connectivity index (χ3v) is 5.37. The molecule has 132 valence electrons. The normalized spacial score (nSPS) is 22.2. The van der Waals surface area contributed by atoms with E-state index in [1.807, 2.05) is 0 Å². The number of halogens is 1. The van der Waals surface area contributed by atoms with Gasteiger partial charge in [0.2, 0.25) is 0 Å². The van der Waals surface area contributed by atoms with Crippen molar-refractivity contribution in [3.8, 4) is 0 Å². The summed E-state index contributed by atoms with van der Waals surface area (Å²) >= 11 is 0. The maximum Gasteiger partial charge on any atom is 0.256 e. The molecule has 0 aromatic heterocycles. The molecule has 2 saturated heterocycles. The predicted molar refractivity (Wildman–Crippen MR) is 91.0 cm³/mol. The fraction of sp³-hybridized carbons (Fsp3) is 0.632. The summed E-state index contributed by atoms with van der Waals surface area (Å²) in [5.41, 5.74) is 0.0668. The molecule has 2 fully saturated rings. The lowest BCUT2D eigenvalue weighted by molar-refractivity contribution is -0.142. The largest absolute Gasteiger partial charge is 0.378 e. The first-order chi connectivity index (χ1) is 11.7. The molecule has 2 heterocycles. The fourth-order valence-corrected chi connectivity index (χ4v) is 3.91. The Labute approximate surface area is 143 Å². The number of amides is 1. The van der Waals surface area contributed by atoms with Gasteiger partial charge >= 0.3 is 0 Å². The maximum atomic E-state index is 13.8. The number of likely N-dealkylation sites (tertiary alicyclic amines) is 2. The van der Waals surface area contributed by atoms with E-state index in [2.05, 4.69) is 4.90 Å². The highest BCUT2D eigenvalue weighted by Gasteiger charge is 2.31. The summed E-state index contributed by atoms with van der Waals surface area (Å²) in [7, 11) is 0. The number of carbonyl (C=O) groups is 1. The van der Waals surface area contributed by atoms with E-state index in [4.69, 9.17) is 0 Å². The molecular weight excluding hydrogens is 307 g/mol. The summed E-state index contributed by atoms with van der Waals surface area (Å²) in [5.74, 6) is -0.910. The van der Waals surface area contributed by atoms with Crippen LogP contribution in [0.25, 0.3) is 0 Å². The smallest absolute Gasteiger partial charge is 0.256 e. The summed E-state index contributed by atoms with van der Waals surface area (Å²) in [6, 6.07) is 6.49. The summed E-state index contributed by atoms with van der Waals surface area (Å²) in [5, 5.41) is 10.2. The van der Waals surface area contributed by atoms with Crippen LogP contribution in [-0.4, -0.2) is 53.0 Å². The first-order valence-corrected chi connectivity index (χ1v) is 9.12. The van der Waals surface area contributed by atoms with Crippen LogP contribution in [-0.2, 0) is 4.79 Å². The van der Waals surface area contributed by atoms with Gasteiger partial charge in [-0.15, -0.1) is 0 Å². The Morgan fingerprint density at radius 2 is 1.67 bits per heavy atom. The van der Waals surface area contributed by atoms with Crippen LogP contribution >= 0.6 is 0 Å². The number of hydrogen-bond acceptors (Lipinski definition) is 3. The molecule has 0 radical (unpaired) electrons. The SMILES string of the molecule is O=C(C(O)c1ccccc1F)N1CCC(N2CCCCCC2)CC1. The van der Waals surface area contributed by atoms with E-state index < -0.39 is 11.9 Å². The van der Waals surface area contributed by atoms with Crippen LogP contribution in [0, 0.1) is 5.82 Å². The van der Waals surface area contributed by atoms with E-state index in [1.54, 1.807) is 17.0 Å². The van der Waals surface area contributed by atoms with Gasteiger partial charge in [0.05, 0.1) is 0 Å². The zero-order chi connectivity index (χ0) is 16.9. The Hall–Kier alpha value is -1.46. The van der Waals surface area contributed by atoms with Crippen molar-refractivity contribution in [1.82, 2.24) is 9.80 Å². The second-order valence-corrected chi connectivity index (χ2v) is 6.93. The van der Waals surface area contributed by atoms with Gasteiger partial charge in [-0.25, -0.2) is 4.39 Å². The molecule has 2 aliphatic rings. The topological polar surface area (TPSA) is 43.8 Å². The maximum absolute atomic E-state index is 13.8. The first-order valence-electron chi connectivity index (χ1n) is 9.12. The molecular formula is C19H27FN2O2.